The summed E-state index contributed by atoms with van der Waals surface area (Å²) in [5.74, 6) is 0.562. The topological polar surface area (TPSA) is 77.8 Å². The van der Waals surface area contributed by atoms with Crippen LogP contribution in [0.15, 0.2) is 12.2 Å². The molecule has 1 heterocycles. The number of carbonyl (C=O) groups is 2. The van der Waals surface area contributed by atoms with Gasteiger partial charge < -0.3 is 15.1 Å². The molecule has 8 atom stereocenters. The average molecular weight is 361 g/mol. The van der Waals surface area contributed by atoms with Crippen LogP contribution in [0.3, 0.4) is 0 Å². The van der Waals surface area contributed by atoms with E-state index in [1.807, 2.05) is 11.9 Å². The number of aliphatic hydroxyl groups is 1. The number of rotatable bonds is 2. The lowest BCUT2D eigenvalue weighted by Gasteiger charge is -2.60. The third kappa shape index (κ3) is 2.32. The Kier molecular flexibility index (Phi) is 4.03. The monoisotopic (exact) mass is 361 g/mol. The van der Waals surface area contributed by atoms with Crippen molar-refractivity contribution in [3.8, 4) is 0 Å². The summed E-state index contributed by atoms with van der Waals surface area (Å²) in [5.41, 5.74) is -0.173. The number of amides is 1. The van der Waals surface area contributed by atoms with E-state index in [0.717, 1.165) is 32.1 Å². The van der Waals surface area contributed by atoms with Crippen LogP contribution in [0.5, 0.6) is 0 Å². The molecule has 3 fully saturated rings. The molecule has 26 heavy (non-hydrogen) atoms. The van der Waals surface area contributed by atoms with Crippen LogP contribution in [0.25, 0.3) is 0 Å². The Morgan fingerprint density at radius 2 is 2.00 bits per heavy atom. The maximum Gasteiger partial charge on any atom is 0.303 e. The van der Waals surface area contributed by atoms with Crippen molar-refractivity contribution in [2.24, 2.45) is 34.5 Å². The number of hydrogen-bond donors (Lipinski definition) is 2. The van der Waals surface area contributed by atoms with Crippen LogP contribution >= 0.6 is 0 Å². The summed E-state index contributed by atoms with van der Waals surface area (Å²) in [5, 5.41) is 20.2. The van der Waals surface area contributed by atoms with E-state index in [2.05, 4.69) is 19.9 Å². The van der Waals surface area contributed by atoms with Gasteiger partial charge in [0.15, 0.2) is 0 Å². The van der Waals surface area contributed by atoms with Crippen LogP contribution in [0.1, 0.15) is 52.4 Å². The Hall–Kier alpha value is -1.36. The van der Waals surface area contributed by atoms with Gasteiger partial charge in [0.05, 0.1) is 12.5 Å². The standard InChI is InChI=1S/C21H31NO4/c1-20-9-7-17(23)22(3)16(20)5-4-13-14(20)6-8-21(2)15(13)10-12(19(21)26)11-18(24)25/h7,9,12-16,19,26H,4-6,8,10-11H2,1-3H3,(H,24,25)/t12-,13+,14-,15-,16+,19-,20+,21-/m0/s1. The number of fused-ring (bicyclic) bond motifs is 5. The number of hydrogen-bond acceptors (Lipinski definition) is 3. The molecule has 0 bridgehead atoms. The Balaban J connectivity index is 1.65. The summed E-state index contributed by atoms with van der Waals surface area (Å²) in [6.07, 6.45) is 8.34. The SMILES string of the molecule is CN1C(=O)C=C[C@]2(C)[C@H]3CC[C@]4(C)[C@@H](O)[C@H](CC(=O)O)C[C@H]4[C@@H]3CC[C@@H]12. The van der Waals surface area contributed by atoms with Crippen molar-refractivity contribution in [2.75, 3.05) is 7.05 Å². The van der Waals surface area contributed by atoms with Crippen molar-refractivity contribution in [2.45, 2.75) is 64.5 Å². The molecule has 2 N–H and O–H groups in total. The van der Waals surface area contributed by atoms with Crippen molar-refractivity contribution in [1.82, 2.24) is 4.90 Å². The third-order valence-corrected chi connectivity index (χ3v) is 8.68. The molecule has 0 aromatic heterocycles. The first-order valence-corrected chi connectivity index (χ1v) is 10.0. The number of aliphatic hydroxyl groups excluding tert-OH is 1. The second kappa shape index (κ2) is 5.82. The van der Waals surface area contributed by atoms with E-state index in [0.29, 0.717) is 17.8 Å². The highest BCUT2D eigenvalue weighted by atomic mass is 16.4. The summed E-state index contributed by atoms with van der Waals surface area (Å²) in [7, 11) is 1.92. The molecule has 0 unspecified atom stereocenters. The third-order valence-electron chi connectivity index (χ3n) is 8.68. The van der Waals surface area contributed by atoms with Crippen molar-refractivity contribution in [1.29, 1.82) is 0 Å². The molecule has 1 aliphatic heterocycles. The Morgan fingerprint density at radius 3 is 2.69 bits per heavy atom. The summed E-state index contributed by atoms with van der Waals surface area (Å²) in [6.45, 7) is 4.48. The van der Waals surface area contributed by atoms with Crippen molar-refractivity contribution < 1.29 is 19.8 Å². The maximum atomic E-state index is 12.1. The highest BCUT2D eigenvalue weighted by Gasteiger charge is 2.62. The first-order chi connectivity index (χ1) is 12.2. The minimum Gasteiger partial charge on any atom is -0.481 e. The Morgan fingerprint density at radius 1 is 1.27 bits per heavy atom. The summed E-state index contributed by atoms with van der Waals surface area (Å²) < 4.78 is 0. The fourth-order valence-corrected chi connectivity index (χ4v) is 7.31. The molecular weight excluding hydrogens is 330 g/mol. The molecule has 0 aromatic carbocycles. The predicted molar refractivity (Wildman–Crippen MR) is 97.2 cm³/mol. The van der Waals surface area contributed by atoms with E-state index in [-0.39, 0.29) is 35.1 Å². The maximum absolute atomic E-state index is 12.1. The van der Waals surface area contributed by atoms with Crippen LogP contribution in [0.2, 0.25) is 0 Å². The first kappa shape index (κ1) is 18.0. The second-order valence-corrected chi connectivity index (χ2v) is 9.70. The molecule has 4 aliphatic rings. The van der Waals surface area contributed by atoms with Gasteiger partial charge in [-0.25, -0.2) is 0 Å². The minimum atomic E-state index is -0.807. The zero-order valence-corrected chi connectivity index (χ0v) is 16.0. The zero-order valence-electron chi connectivity index (χ0n) is 16.0. The summed E-state index contributed by atoms with van der Waals surface area (Å²) >= 11 is 0. The van der Waals surface area contributed by atoms with Gasteiger partial charge in [-0.2, -0.15) is 0 Å². The molecule has 144 valence electrons. The number of aliphatic carboxylic acids is 1. The molecule has 5 heteroatoms. The molecular formula is C21H31NO4. The lowest BCUT2D eigenvalue weighted by molar-refractivity contribution is -0.142. The lowest BCUT2D eigenvalue weighted by Crippen LogP contribution is -2.59. The average Bonchev–Trinajstić information content (AvgIpc) is 2.83. The lowest BCUT2D eigenvalue weighted by atomic mass is 9.48. The smallest absolute Gasteiger partial charge is 0.303 e. The number of carbonyl (C=O) groups excluding carboxylic acids is 1. The van der Waals surface area contributed by atoms with Gasteiger partial charge in [-0.3, -0.25) is 9.59 Å². The quantitative estimate of drug-likeness (QED) is 0.793. The van der Waals surface area contributed by atoms with E-state index in [1.54, 1.807) is 6.08 Å². The largest absolute Gasteiger partial charge is 0.481 e. The summed E-state index contributed by atoms with van der Waals surface area (Å²) in [4.78, 5) is 25.3. The van der Waals surface area contributed by atoms with E-state index >= 15 is 0 Å². The van der Waals surface area contributed by atoms with E-state index < -0.39 is 12.1 Å². The van der Waals surface area contributed by atoms with Gasteiger partial charge in [0, 0.05) is 18.5 Å². The molecule has 3 aliphatic carbocycles. The van der Waals surface area contributed by atoms with Crippen LogP contribution < -0.4 is 0 Å². The van der Waals surface area contributed by atoms with Crippen molar-refractivity contribution in [3.63, 3.8) is 0 Å². The van der Waals surface area contributed by atoms with Gasteiger partial charge in [-0.1, -0.05) is 19.9 Å². The molecule has 0 radical (unpaired) electrons. The van der Waals surface area contributed by atoms with Crippen LogP contribution in [-0.2, 0) is 9.59 Å². The fourth-order valence-electron chi connectivity index (χ4n) is 7.31. The van der Waals surface area contributed by atoms with Gasteiger partial charge in [0.1, 0.15) is 0 Å². The molecule has 1 amide bonds. The normalized spacial score (nSPS) is 50.2. The number of carboxylic acid groups (broad SMARTS) is 1. The fraction of sp³-hybridized carbons (Fsp3) is 0.810. The van der Waals surface area contributed by atoms with Gasteiger partial charge >= 0.3 is 5.97 Å². The van der Waals surface area contributed by atoms with E-state index in [4.69, 9.17) is 0 Å². The van der Waals surface area contributed by atoms with Gasteiger partial charge in [-0.15, -0.1) is 0 Å². The molecule has 0 saturated heterocycles. The van der Waals surface area contributed by atoms with Crippen molar-refractivity contribution in [3.05, 3.63) is 12.2 Å². The van der Waals surface area contributed by atoms with Crippen LogP contribution in [-0.4, -0.2) is 46.2 Å². The van der Waals surface area contributed by atoms with Crippen LogP contribution in [0, 0.1) is 34.5 Å². The highest BCUT2D eigenvalue weighted by Crippen LogP contribution is 2.65. The number of carboxylic acids is 1. The van der Waals surface area contributed by atoms with Gasteiger partial charge in [0.2, 0.25) is 5.91 Å². The highest BCUT2D eigenvalue weighted by molar-refractivity contribution is 5.89. The molecule has 0 spiro atoms. The molecule has 0 aromatic rings. The molecule has 4 rings (SSSR count). The Bertz CT molecular complexity index is 660. The number of nitrogens with zero attached hydrogens (tertiary/aromatic N) is 1. The van der Waals surface area contributed by atoms with Gasteiger partial charge in [0.25, 0.3) is 0 Å². The molecule has 3 saturated carbocycles. The van der Waals surface area contributed by atoms with Crippen LogP contribution in [0.4, 0.5) is 0 Å². The Labute approximate surface area is 155 Å². The zero-order chi connectivity index (χ0) is 18.9. The summed E-state index contributed by atoms with van der Waals surface area (Å²) in [6, 6.07) is 0.256. The minimum absolute atomic E-state index is 0.0112. The first-order valence-electron chi connectivity index (χ1n) is 10.0. The van der Waals surface area contributed by atoms with E-state index in [9.17, 15) is 19.8 Å². The predicted octanol–water partition coefficient (Wildman–Crippen LogP) is 2.69. The van der Waals surface area contributed by atoms with E-state index in [1.165, 1.54) is 0 Å². The number of likely N-dealkylation sites (N-methyl/N-ethyl adjacent to an activating group) is 1. The second-order valence-electron chi connectivity index (χ2n) is 9.70. The van der Waals surface area contributed by atoms with Gasteiger partial charge in [-0.05, 0) is 67.3 Å². The van der Waals surface area contributed by atoms with Crippen molar-refractivity contribution >= 4 is 11.9 Å². The molecule has 5 nitrogen and oxygen atoms in total.